The number of rotatable bonds is 12. The molecule has 0 saturated heterocycles. The number of nitrogens with zero attached hydrogens (tertiary/aromatic N) is 10. The van der Waals surface area contributed by atoms with Crippen molar-refractivity contribution in [3.05, 3.63) is 91.5 Å². The molecule has 0 spiro atoms. The molecule has 0 atom stereocenters. The molecule has 0 aliphatic rings. The van der Waals surface area contributed by atoms with E-state index in [0.29, 0.717) is 46.1 Å². The van der Waals surface area contributed by atoms with Crippen LogP contribution in [0, 0.1) is 96.2 Å². The van der Waals surface area contributed by atoms with Crippen molar-refractivity contribution < 1.29 is 148 Å². The molecule has 4 rings (SSSR count). The number of nitrogens with two attached hydrogens (primary N) is 1. The van der Waals surface area contributed by atoms with Gasteiger partial charge in [-0.25, -0.2) is 4.98 Å². The number of alkyl halides is 1. The first-order valence-electron chi connectivity index (χ1n) is 20.1. The Hall–Kier alpha value is -5.25. The van der Waals surface area contributed by atoms with Gasteiger partial charge in [0, 0.05) is 30.2 Å². The first-order chi connectivity index (χ1) is 33.7. The maximum Gasteiger partial charge on any atom is 1.00 e. The number of nitro groups is 2. The number of pyridine rings is 4. The fraction of sp³-hybridized carbons (Fsp3) is 0.383. The summed E-state index contributed by atoms with van der Waals surface area (Å²) in [6.07, 6.45) is 15.2. The van der Waals surface area contributed by atoms with Crippen LogP contribution in [0.2, 0.25) is 5.15 Å². The number of hydrogen-bond acceptors (Lipinski definition) is 21. The van der Waals surface area contributed by atoms with Gasteiger partial charge < -0.3 is 41.6 Å². The largest absolute Gasteiger partial charge is 1.00 e. The van der Waals surface area contributed by atoms with Crippen molar-refractivity contribution in [3.63, 3.8) is 0 Å². The number of terminal acetylenes is 2. The van der Waals surface area contributed by atoms with Gasteiger partial charge in [-0.2, -0.15) is 21.0 Å². The van der Waals surface area contributed by atoms with Crippen molar-refractivity contribution in [3.8, 4) is 72.0 Å². The third kappa shape index (κ3) is 30.2. The molecule has 0 fully saturated rings. The normalized spacial score (nSPS) is 9.27. The minimum Gasteiger partial charge on any atom is -1.00 e. The number of halogens is 2. The zero-order valence-corrected chi connectivity index (χ0v) is 52.2. The topological polar surface area (TPSA) is 357 Å². The zero-order valence-electron chi connectivity index (χ0n) is 44.6. The molecule has 0 aliphatic carbocycles. The van der Waals surface area contributed by atoms with Gasteiger partial charge in [0.05, 0.1) is 132 Å². The van der Waals surface area contributed by atoms with E-state index >= 15 is 0 Å². The molecule has 0 amide bonds. The Kier molecular flexibility index (Phi) is 44.1. The van der Waals surface area contributed by atoms with Gasteiger partial charge in [0.1, 0.15) is 29.0 Å². The summed E-state index contributed by atoms with van der Waals surface area (Å²) in [4.78, 5) is 46.9. The minimum absolute atomic E-state index is 0. The van der Waals surface area contributed by atoms with Crippen LogP contribution >= 0.6 is 27.5 Å². The summed E-state index contributed by atoms with van der Waals surface area (Å²) < 4.78 is 19.9. The van der Waals surface area contributed by atoms with Crippen molar-refractivity contribution in [2.45, 2.75) is 71.6 Å². The molecular weight excluding hydrogens is 1100 g/mol. The summed E-state index contributed by atoms with van der Waals surface area (Å²) in [6.45, 7) is 14.5. The molecule has 0 unspecified atom stereocenters. The van der Waals surface area contributed by atoms with Crippen molar-refractivity contribution in [2.24, 2.45) is 5.92 Å². The van der Waals surface area contributed by atoms with Crippen LogP contribution in [0.15, 0.2) is 49.1 Å². The van der Waals surface area contributed by atoms with E-state index in [4.69, 9.17) is 80.2 Å². The second kappa shape index (κ2) is 42.0. The van der Waals surface area contributed by atoms with Crippen LogP contribution in [-0.2, 0) is 25.9 Å². The number of carbonyl (C=O) groups is 1. The average Bonchev–Trinajstić information content (AvgIpc) is 3.38. The molecule has 74 heavy (non-hydrogen) atoms. The van der Waals surface area contributed by atoms with Crippen LogP contribution in [0.1, 0.15) is 73.9 Å². The maximum atomic E-state index is 10.6. The van der Waals surface area contributed by atoms with E-state index in [0.717, 1.165) is 18.1 Å². The van der Waals surface area contributed by atoms with Crippen molar-refractivity contribution in [1.29, 1.82) is 21.0 Å². The summed E-state index contributed by atoms with van der Waals surface area (Å²) in [6, 6.07) is 14.6. The van der Waals surface area contributed by atoms with Crippen LogP contribution < -0.4 is 138 Å². The monoisotopic (exact) mass is 1160 g/mol. The Balaban J connectivity index is -0.000000194. The Labute approximate surface area is 531 Å². The Bertz CT molecular complexity index is 2650. The predicted octanol–water partition coefficient (Wildman–Crippen LogP) is 1.60. The number of aromatic nitrogens is 4. The molecule has 0 aliphatic heterocycles. The van der Waals surface area contributed by atoms with E-state index in [1.165, 1.54) is 39.7 Å². The van der Waals surface area contributed by atoms with Crippen LogP contribution in [0.3, 0.4) is 0 Å². The maximum absolute atomic E-state index is 10.6. The molecule has 0 saturated carbocycles. The third-order valence-electron chi connectivity index (χ3n) is 8.21. The Morgan fingerprint density at radius 3 is 1.39 bits per heavy atom. The van der Waals surface area contributed by atoms with Crippen LogP contribution in [0.25, 0.3) is 0 Å². The molecule has 23 nitrogen and oxygen atoms in total. The molecule has 27 heteroatoms. The van der Waals surface area contributed by atoms with Gasteiger partial charge >= 0.3 is 114 Å². The van der Waals surface area contributed by atoms with Gasteiger partial charge in [-0.05, 0) is 55.4 Å². The minimum atomic E-state index is -0.803. The molecule has 3 N–H and O–H groups in total. The van der Waals surface area contributed by atoms with E-state index in [1.807, 2.05) is 33.8 Å². The molecule has 4 heterocycles. The summed E-state index contributed by atoms with van der Waals surface area (Å²) in [5, 5.41) is 68.0. The number of anilines is 2. The molecule has 4 aromatic rings. The van der Waals surface area contributed by atoms with E-state index in [2.05, 4.69) is 76.1 Å². The van der Waals surface area contributed by atoms with Crippen LogP contribution in [0.5, 0.6) is 23.0 Å². The van der Waals surface area contributed by atoms with E-state index in [-0.39, 0.29) is 145 Å². The summed E-state index contributed by atoms with van der Waals surface area (Å²) in [5.74, 6) is 6.42. The van der Waals surface area contributed by atoms with E-state index in [1.54, 1.807) is 53.1 Å². The predicted molar refractivity (Wildman–Crippen MR) is 270 cm³/mol. The number of ether oxygens (including phenoxy) is 4. The second-order valence-electron chi connectivity index (χ2n) is 15.1. The number of nitrogen functional groups attached to an aromatic ring is 1. The number of nitrogens with one attached hydrogen (secondary N) is 1. The first-order valence-corrected chi connectivity index (χ1v) is 21.6. The number of carbonyl (C=O) groups excluding carboxylic acids is 1. The molecule has 4 aromatic heterocycles. The van der Waals surface area contributed by atoms with Gasteiger partial charge in [0.15, 0.2) is 5.75 Å². The van der Waals surface area contributed by atoms with Gasteiger partial charge in [-0.15, -0.1) is 12.8 Å². The third-order valence-corrected chi connectivity index (χ3v) is 8.74. The number of nitriles is 4. The van der Waals surface area contributed by atoms with E-state index in [9.17, 15) is 20.2 Å². The fourth-order valence-electron chi connectivity index (χ4n) is 4.14. The summed E-state index contributed by atoms with van der Waals surface area (Å²) in [5.41, 5.74) is 6.12. The van der Waals surface area contributed by atoms with E-state index < -0.39 is 26.1 Å². The van der Waals surface area contributed by atoms with Crippen LogP contribution in [-0.4, -0.2) is 76.6 Å². The quantitative estimate of drug-likeness (QED) is 0.0297. The van der Waals surface area contributed by atoms with Gasteiger partial charge in [0.25, 0.3) is 6.47 Å². The number of hydrogen-bond donors (Lipinski definition) is 2. The zero-order chi connectivity index (χ0) is 56.3. The molecule has 0 radical (unpaired) electrons. The average molecular weight is 1160 g/mol. The second-order valence-corrected chi connectivity index (χ2v) is 16.0. The molecule has 0 aromatic carbocycles. The van der Waals surface area contributed by atoms with Gasteiger partial charge in [-0.3, -0.25) is 40.0 Å². The molecular formula is C47H56BrClK2N12O11. The fourth-order valence-corrected chi connectivity index (χ4v) is 4.29. The summed E-state index contributed by atoms with van der Waals surface area (Å²) >= 11 is 8.50. The van der Waals surface area contributed by atoms with Crippen molar-refractivity contribution >= 4 is 56.8 Å². The standard InChI is InChI=1S/C13H15N3O.C10H11N3O3.C10H13N3O.C6H5ClN2O3.C4H7N.C3H3Br.CH2O3.2K.H/c1-5-6-15-10-8-16-12(7-11(10)17-4)13(2,3)9-14;1-10(2,6-11)9-4-8(16-3)7(5-12-9)13(14)15;1-10(2,6-11)9-4-8(14-3)7(12)5-13-9;1-12-5-2-6(7)8-3-4(5)9(10)11;1-4(2)3-5;1-2-3-4;2-1-4-3;;;/h1,7-8,15H,6H2,2-4H3;4-5H,1-3H3;4-5H,12H2,1-3H3;2-3H,1H3;4H,1-2H3;1H,3H2;1,3H;;;/q;;;;;;;2*+1;-1/p-1. The number of methoxy groups -OCH3 is 4. The first kappa shape index (κ1) is 77.7. The Morgan fingerprint density at radius 2 is 1.07 bits per heavy atom. The van der Waals surface area contributed by atoms with Crippen LogP contribution in [0.4, 0.5) is 22.7 Å². The molecule has 0 bridgehead atoms. The summed E-state index contributed by atoms with van der Waals surface area (Å²) in [7, 11) is 5.78. The van der Waals surface area contributed by atoms with Gasteiger partial charge in [-0.1, -0.05) is 39.4 Å². The van der Waals surface area contributed by atoms with Crippen molar-refractivity contribution in [1.82, 2.24) is 19.9 Å². The smallest absolute Gasteiger partial charge is 1.00 e. The SMILES string of the molecule is C#CCBr.C#CCNc1cnc(C(C)(C)C#N)cc1OC.CC(C)C#N.COc1cc(C(C)(C)C#N)ncc1N.COc1cc(C(C)(C)C#N)ncc1[N+](=O)[O-].COc1cc(Cl)ncc1[N+](=O)[O-].O=CO[O-].[H-].[K+].[K+]. The van der Waals surface area contributed by atoms with Crippen molar-refractivity contribution in [2.75, 3.05) is 51.4 Å². The molecule has 386 valence electrons. The Morgan fingerprint density at radius 1 is 0.730 bits per heavy atom. The van der Waals surface area contributed by atoms with Gasteiger partial charge in [0.2, 0.25) is 5.75 Å².